The third kappa shape index (κ3) is 6.72. The minimum atomic E-state index is 0.0240. The molecule has 2 aliphatic heterocycles. The third-order valence-corrected chi connectivity index (χ3v) is 6.97. The number of ether oxygens (including phenoxy) is 2. The summed E-state index contributed by atoms with van der Waals surface area (Å²) >= 11 is 0. The van der Waals surface area contributed by atoms with Gasteiger partial charge in [-0.25, -0.2) is 0 Å². The highest BCUT2D eigenvalue weighted by molar-refractivity contribution is 5.96. The van der Waals surface area contributed by atoms with Crippen LogP contribution in [0.4, 0.5) is 0 Å². The van der Waals surface area contributed by atoms with Crippen LogP contribution in [0.25, 0.3) is 0 Å². The Bertz CT molecular complexity index is 946. The number of nitrogens with zero attached hydrogens (tertiary/aromatic N) is 1. The van der Waals surface area contributed by atoms with E-state index in [0.717, 1.165) is 55.1 Å². The Balaban J connectivity index is 1.30. The molecular formula is C28H38N2O4. The summed E-state index contributed by atoms with van der Waals surface area (Å²) in [5.41, 5.74) is 3.34. The van der Waals surface area contributed by atoms with Crippen LogP contribution in [0.5, 0.6) is 11.5 Å². The minimum absolute atomic E-state index is 0.0240. The number of ketones is 1. The Morgan fingerprint density at radius 1 is 1.09 bits per heavy atom. The summed E-state index contributed by atoms with van der Waals surface area (Å²) in [6, 6.07) is 6.08. The monoisotopic (exact) mass is 466 g/mol. The highest BCUT2D eigenvalue weighted by Gasteiger charge is 2.22. The molecular weight excluding hydrogens is 428 g/mol. The van der Waals surface area contributed by atoms with Crippen LogP contribution in [0.1, 0.15) is 57.9 Å². The summed E-state index contributed by atoms with van der Waals surface area (Å²) in [6.07, 6.45) is 9.51. The van der Waals surface area contributed by atoms with Gasteiger partial charge in [-0.05, 0) is 81.3 Å². The lowest BCUT2D eigenvalue weighted by Crippen LogP contribution is -2.44. The van der Waals surface area contributed by atoms with Gasteiger partial charge in [0, 0.05) is 25.4 Å². The van der Waals surface area contributed by atoms with Crippen LogP contribution >= 0.6 is 0 Å². The van der Waals surface area contributed by atoms with Crippen LogP contribution in [0.2, 0.25) is 0 Å². The zero-order valence-electron chi connectivity index (χ0n) is 20.6. The number of fused-ring (bicyclic) bond motifs is 1. The lowest BCUT2D eigenvalue weighted by Gasteiger charge is -2.25. The molecule has 34 heavy (non-hydrogen) atoms. The van der Waals surface area contributed by atoms with E-state index in [0.29, 0.717) is 32.5 Å². The van der Waals surface area contributed by atoms with Crippen LogP contribution in [0, 0.1) is 5.92 Å². The van der Waals surface area contributed by atoms with E-state index in [2.05, 4.69) is 30.1 Å². The van der Waals surface area contributed by atoms with Crippen LogP contribution < -0.4 is 14.8 Å². The number of Topliss-reactive ketones (excluding diaryl/α,β-unsaturated/α-hetero) is 1. The lowest BCUT2D eigenvalue weighted by molar-refractivity contribution is -0.122. The van der Waals surface area contributed by atoms with Crippen molar-refractivity contribution in [1.29, 1.82) is 0 Å². The molecule has 0 aromatic heterocycles. The SMILES string of the molecule is CC1=CC=C(C(=O)CCCC(=O)NC(Cc2ccc3c(c2)OCCO3)CN2CCCC2)C(C)C1. The molecule has 4 rings (SSSR count). The van der Waals surface area contributed by atoms with Gasteiger partial charge in [0.15, 0.2) is 17.3 Å². The zero-order chi connectivity index (χ0) is 23.9. The quantitative estimate of drug-likeness (QED) is 0.559. The van der Waals surface area contributed by atoms with E-state index in [1.54, 1.807) is 0 Å². The number of allylic oxidation sites excluding steroid dienone is 4. The summed E-state index contributed by atoms with van der Waals surface area (Å²) in [4.78, 5) is 27.9. The van der Waals surface area contributed by atoms with Gasteiger partial charge >= 0.3 is 0 Å². The average Bonchev–Trinajstić information content (AvgIpc) is 3.32. The lowest BCUT2D eigenvalue weighted by atomic mass is 9.85. The first-order chi connectivity index (χ1) is 16.5. The molecule has 3 aliphatic rings. The fraction of sp³-hybridized carbons (Fsp3) is 0.571. The standard InChI is InChI=1S/C28H38N2O4/c1-20-8-10-24(21(2)16-20)25(31)6-5-7-28(32)29-23(19-30-12-3-4-13-30)17-22-9-11-26-27(18-22)34-15-14-33-26/h8-11,18,21,23H,3-7,12-17,19H2,1-2H3,(H,29,32). The van der Waals surface area contributed by atoms with Crippen LogP contribution in [0.15, 0.2) is 41.5 Å². The van der Waals surface area contributed by atoms with Crippen molar-refractivity contribution in [3.05, 3.63) is 47.1 Å². The smallest absolute Gasteiger partial charge is 0.220 e. The zero-order valence-corrected chi connectivity index (χ0v) is 20.6. The fourth-order valence-corrected chi connectivity index (χ4v) is 5.22. The van der Waals surface area contributed by atoms with Crippen molar-refractivity contribution in [2.75, 3.05) is 32.8 Å². The second-order valence-corrected chi connectivity index (χ2v) is 9.97. The molecule has 1 aromatic carbocycles. The molecule has 0 spiro atoms. The topological polar surface area (TPSA) is 67.9 Å². The fourth-order valence-electron chi connectivity index (χ4n) is 5.22. The van der Waals surface area contributed by atoms with Crippen LogP contribution in [-0.2, 0) is 16.0 Å². The molecule has 1 amide bonds. The van der Waals surface area contributed by atoms with Gasteiger partial charge in [-0.2, -0.15) is 0 Å². The first-order valence-electron chi connectivity index (χ1n) is 12.8. The van der Waals surface area contributed by atoms with E-state index < -0.39 is 0 Å². The molecule has 184 valence electrons. The first-order valence-corrected chi connectivity index (χ1v) is 12.8. The van der Waals surface area contributed by atoms with Gasteiger partial charge in [-0.1, -0.05) is 30.7 Å². The van der Waals surface area contributed by atoms with E-state index in [9.17, 15) is 9.59 Å². The molecule has 2 atom stereocenters. The van der Waals surface area contributed by atoms with Gasteiger partial charge in [-0.3, -0.25) is 9.59 Å². The summed E-state index contributed by atoms with van der Waals surface area (Å²) in [6.45, 7) is 8.36. The van der Waals surface area contributed by atoms with Crippen LogP contribution in [-0.4, -0.2) is 55.5 Å². The summed E-state index contributed by atoms with van der Waals surface area (Å²) in [5.74, 6) is 2.03. The Kier molecular flexibility index (Phi) is 8.44. The van der Waals surface area contributed by atoms with Crippen molar-refractivity contribution in [3.8, 4) is 11.5 Å². The van der Waals surface area contributed by atoms with Gasteiger partial charge in [0.1, 0.15) is 13.2 Å². The van der Waals surface area contributed by atoms with Crippen molar-refractivity contribution >= 4 is 11.7 Å². The van der Waals surface area contributed by atoms with E-state index in [1.807, 2.05) is 24.3 Å². The third-order valence-electron chi connectivity index (χ3n) is 6.97. The number of carbonyl (C=O) groups is 2. The maximum Gasteiger partial charge on any atom is 0.220 e. The molecule has 1 aliphatic carbocycles. The predicted molar refractivity (Wildman–Crippen MR) is 133 cm³/mol. The predicted octanol–water partition coefficient (Wildman–Crippen LogP) is 4.23. The van der Waals surface area contributed by atoms with Gasteiger partial charge in [-0.15, -0.1) is 0 Å². The number of likely N-dealkylation sites (tertiary alicyclic amines) is 1. The Hall–Kier alpha value is -2.60. The first kappa shape index (κ1) is 24.5. The number of benzene rings is 1. The van der Waals surface area contributed by atoms with E-state index in [4.69, 9.17) is 9.47 Å². The second kappa shape index (κ2) is 11.7. The minimum Gasteiger partial charge on any atom is -0.486 e. The molecule has 0 radical (unpaired) electrons. The highest BCUT2D eigenvalue weighted by atomic mass is 16.6. The van der Waals surface area contributed by atoms with Crippen molar-refractivity contribution in [2.24, 2.45) is 5.92 Å². The van der Waals surface area contributed by atoms with E-state index in [1.165, 1.54) is 18.4 Å². The molecule has 1 fully saturated rings. The number of hydrogen-bond acceptors (Lipinski definition) is 5. The van der Waals surface area contributed by atoms with Gasteiger partial charge in [0.25, 0.3) is 0 Å². The van der Waals surface area contributed by atoms with Crippen molar-refractivity contribution < 1.29 is 19.1 Å². The number of carbonyl (C=O) groups excluding carboxylic acids is 2. The van der Waals surface area contributed by atoms with Gasteiger partial charge in [0.05, 0.1) is 0 Å². The maximum atomic E-state index is 12.8. The molecule has 2 unspecified atom stereocenters. The second-order valence-electron chi connectivity index (χ2n) is 9.97. The maximum absolute atomic E-state index is 12.8. The number of hydrogen-bond donors (Lipinski definition) is 1. The molecule has 2 heterocycles. The van der Waals surface area contributed by atoms with Crippen molar-refractivity contribution in [3.63, 3.8) is 0 Å². The van der Waals surface area contributed by atoms with Crippen molar-refractivity contribution in [2.45, 2.75) is 64.8 Å². The Morgan fingerprint density at radius 3 is 2.62 bits per heavy atom. The molecule has 1 saturated heterocycles. The molecule has 0 saturated carbocycles. The molecule has 6 nitrogen and oxygen atoms in total. The van der Waals surface area contributed by atoms with Crippen molar-refractivity contribution in [1.82, 2.24) is 10.2 Å². The molecule has 0 bridgehead atoms. The van der Waals surface area contributed by atoms with E-state index >= 15 is 0 Å². The van der Waals surface area contributed by atoms with E-state index in [-0.39, 0.29) is 23.7 Å². The van der Waals surface area contributed by atoms with Gasteiger partial charge in [0.2, 0.25) is 5.91 Å². The normalized spacial score (nSPS) is 20.9. The highest BCUT2D eigenvalue weighted by Crippen LogP contribution is 2.31. The largest absolute Gasteiger partial charge is 0.486 e. The number of rotatable bonds is 10. The average molecular weight is 467 g/mol. The molecule has 1 N–H and O–H groups in total. The summed E-state index contributed by atoms with van der Waals surface area (Å²) < 4.78 is 11.4. The summed E-state index contributed by atoms with van der Waals surface area (Å²) in [7, 11) is 0. The number of nitrogens with one attached hydrogen (secondary N) is 1. The number of amides is 1. The van der Waals surface area contributed by atoms with Gasteiger partial charge < -0.3 is 19.7 Å². The van der Waals surface area contributed by atoms with Crippen LogP contribution in [0.3, 0.4) is 0 Å². The Labute approximate surface area is 203 Å². The summed E-state index contributed by atoms with van der Waals surface area (Å²) in [5, 5.41) is 3.25. The molecule has 1 aromatic rings. The Morgan fingerprint density at radius 2 is 1.85 bits per heavy atom. The molecule has 6 heteroatoms.